The summed E-state index contributed by atoms with van der Waals surface area (Å²) in [4.78, 5) is 5.52. The van der Waals surface area contributed by atoms with E-state index in [1.807, 2.05) is 19.9 Å². The van der Waals surface area contributed by atoms with Gasteiger partial charge in [-0.15, -0.1) is 11.3 Å². The maximum Gasteiger partial charge on any atom is 0.118 e. The Morgan fingerprint density at radius 3 is 2.71 bits per heavy atom. The Bertz CT molecular complexity index is 363. The highest BCUT2D eigenvalue weighted by molar-refractivity contribution is 7.11. The Labute approximate surface area is 88.0 Å². The molecule has 1 nitrogen and oxygen atoms in total. The van der Waals surface area contributed by atoms with Crippen molar-refractivity contribution in [2.24, 2.45) is 0 Å². The van der Waals surface area contributed by atoms with Crippen LogP contribution in [0.1, 0.15) is 22.5 Å². The van der Waals surface area contributed by atoms with Gasteiger partial charge >= 0.3 is 0 Å². The molecule has 3 heteroatoms. The van der Waals surface area contributed by atoms with Crippen molar-refractivity contribution in [3.05, 3.63) is 39.6 Å². The predicted molar refractivity (Wildman–Crippen MR) is 59.3 cm³/mol. The Morgan fingerprint density at radius 2 is 2.21 bits per heavy atom. The van der Waals surface area contributed by atoms with Gasteiger partial charge in [0.05, 0.1) is 10.7 Å². The molecular weight excluding hydrogens is 197 g/mol. The van der Waals surface area contributed by atoms with E-state index in [1.54, 1.807) is 18.3 Å². The minimum atomic E-state index is -0.191. The summed E-state index contributed by atoms with van der Waals surface area (Å²) in [6.07, 6.45) is 5.53. The van der Waals surface area contributed by atoms with Crippen LogP contribution in [0, 0.1) is 13.8 Å². The van der Waals surface area contributed by atoms with Gasteiger partial charge in [-0.3, -0.25) is 0 Å². The van der Waals surface area contributed by atoms with E-state index in [0.717, 1.165) is 17.1 Å². The lowest BCUT2D eigenvalue weighted by Crippen LogP contribution is -1.80. The number of thiazole rings is 1. The minimum Gasteiger partial charge on any atom is -0.247 e. The molecule has 76 valence electrons. The summed E-state index contributed by atoms with van der Waals surface area (Å²) in [5.41, 5.74) is 1.05. The number of halogens is 1. The molecule has 1 aromatic heterocycles. The summed E-state index contributed by atoms with van der Waals surface area (Å²) < 4.78 is 12.7. The molecule has 0 saturated heterocycles. The fourth-order valence-corrected chi connectivity index (χ4v) is 2.05. The quantitative estimate of drug-likeness (QED) is 0.694. The summed E-state index contributed by atoms with van der Waals surface area (Å²) in [5.74, 6) is -0.191. The molecule has 1 aromatic rings. The first-order valence-electron chi connectivity index (χ1n) is 4.54. The molecule has 1 rings (SSSR count). The summed E-state index contributed by atoms with van der Waals surface area (Å²) in [7, 11) is 0. The second-order valence-electron chi connectivity index (χ2n) is 3.02. The molecule has 0 bridgehead atoms. The molecule has 14 heavy (non-hydrogen) atoms. The van der Waals surface area contributed by atoms with Crippen molar-refractivity contribution in [1.29, 1.82) is 0 Å². The van der Waals surface area contributed by atoms with Crippen LogP contribution in [-0.4, -0.2) is 4.98 Å². The summed E-state index contributed by atoms with van der Waals surface area (Å²) in [6, 6.07) is 0. The molecule has 0 atom stereocenters. The van der Waals surface area contributed by atoms with Gasteiger partial charge < -0.3 is 0 Å². The number of aryl methyl sites for hydroxylation is 2. The SMILES string of the molecule is C/C=C(F)\C=C/Cc1sc(C)nc1C. The average molecular weight is 211 g/mol. The van der Waals surface area contributed by atoms with E-state index in [4.69, 9.17) is 0 Å². The topological polar surface area (TPSA) is 12.9 Å². The third-order valence-corrected chi connectivity index (χ3v) is 2.95. The summed E-state index contributed by atoms with van der Waals surface area (Å²) in [6.45, 7) is 5.65. The van der Waals surface area contributed by atoms with Crippen molar-refractivity contribution in [3.63, 3.8) is 0 Å². The van der Waals surface area contributed by atoms with Crippen LogP contribution in [0.15, 0.2) is 24.1 Å². The lowest BCUT2D eigenvalue weighted by Gasteiger charge is -1.90. The zero-order valence-corrected chi connectivity index (χ0v) is 9.49. The van der Waals surface area contributed by atoms with Crippen LogP contribution < -0.4 is 0 Å². The largest absolute Gasteiger partial charge is 0.247 e. The van der Waals surface area contributed by atoms with Crippen LogP contribution in [0.5, 0.6) is 0 Å². The highest BCUT2D eigenvalue weighted by atomic mass is 32.1. The van der Waals surface area contributed by atoms with E-state index in [2.05, 4.69) is 4.98 Å². The molecule has 0 fully saturated rings. The number of aromatic nitrogens is 1. The van der Waals surface area contributed by atoms with E-state index >= 15 is 0 Å². The highest BCUT2D eigenvalue weighted by Gasteiger charge is 2.01. The fourth-order valence-electron chi connectivity index (χ4n) is 1.14. The monoisotopic (exact) mass is 211 g/mol. The van der Waals surface area contributed by atoms with E-state index in [9.17, 15) is 4.39 Å². The lowest BCUT2D eigenvalue weighted by atomic mass is 10.3. The number of hydrogen-bond donors (Lipinski definition) is 0. The Hall–Kier alpha value is -0.960. The first-order valence-corrected chi connectivity index (χ1v) is 5.36. The smallest absolute Gasteiger partial charge is 0.118 e. The maximum absolute atomic E-state index is 12.7. The van der Waals surface area contributed by atoms with E-state index in [-0.39, 0.29) is 5.83 Å². The number of nitrogens with zero attached hydrogens (tertiary/aromatic N) is 1. The first-order chi connectivity index (χ1) is 6.63. The molecule has 0 aliphatic heterocycles. The summed E-state index contributed by atoms with van der Waals surface area (Å²) in [5, 5.41) is 1.07. The van der Waals surface area contributed by atoms with Gasteiger partial charge in [-0.1, -0.05) is 12.2 Å². The molecule has 0 aliphatic rings. The highest BCUT2D eigenvalue weighted by Crippen LogP contribution is 2.18. The molecule has 0 radical (unpaired) electrons. The second-order valence-corrected chi connectivity index (χ2v) is 4.31. The fraction of sp³-hybridized carbons (Fsp3) is 0.364. The maximum atomic E-state index is 12.7. The molecule has 0 saturated carbocycles. The van der Waals surface area contributed by atoms with Crippen LogP contribution in [-0.2, 0) is 6.42 Å². The van der Waals surface area contributed by atoms with Crippen molar-refractivity contribution in [2.45, 2.75) is 27.2 Å². The second kappa shape index (κ2) is 5.05. The van der Waals surface area contributed by atoms with Crippen molar-refractivity contribution < 1.29 is 4.39 Å². The van der Waals surface area contributed by atoms with E-state index in [0.29, 0.717) is 0 Å². The Balaban J connectivity index is 2.62. The van der Waals surface area contributed by atoms with Gasteiger partial charge in [0.15, 0.2) is 0 Å². The van der Waals surface area contributed by atoms with Crippen LogP contribution >= 0.6 is 11.3 Å². The van der Waals surface area contributed by atoms with Gasteiger partial charge in [0, 0.05) is 11.3 Å². The number of hydrogen-bond acceptors (Lipinski definition) is 2. The van der Waals surface area contributed by atoms with Gasteiger partial charge in [0.25, 0.3) is 0 Å². The molecule has 0 unspecified atom stereocenters. The van der Waals surface area contributed by atoms with E-state index in [1.165, 1.54) is 17.0 Å². The molecule has 0 aromatic carbocycles. The zero-order valence-electron chi connectivity index (χ0n) is 8.67. The number of allylic oxidation sites excluding steroid dienone is 4. The minimum absolute atomic E-state index is 0.191. The molecule has 0 N–H and O–H groups in total. The Morgan fingerprint density at radius 1 is 1.50 bits per heavy atom. The lowest BCUT2D eigenvalue weighted by molar-refractivity contribution is 0.664. The van der Waals surface area contributed by atoms with Gasteiger partial charge in [-0.25, -0.2) is 9.37 Å². The van der Waals surface area contributed by atoms with Crippen LogP contribution in [0.4, 0.5) is 4.39 Å². The van der Waals surface area contributed by atoms with Crippen LogP contribution in [0.25, 0.3) is 0 Å². The van der Waals surface area contributed by atoms with Crippen molar-refractivity contribution in [1.82, 2.24) is 4.98 Å². The Kier molecular flexibility index (Phi) is 4.01. The van der Waals surface area contributed by atoms with Gasteiger partial charge in [0.2, 0.25) is 0 Å². The standard InChI is InChI=1S/C11H14FNS/c1-4-10(12)6-5-7-11-8(2)13-9(3)14-11/h4-6H,7H2,1-3H3/b6-5-,10-4+. The van der Waals surface area contributed by atoms with Crippen molar-refractivity contribution >= 4 is 11.3 Å². The van der Waals surface area contributed by atoms with Gasteiger partial charge in [-0.05, 0) is 26.8 Å². The molecule has 0 aliphatic carbocycles. The van der Waals surface area contributed by atoms with E-state index < -0.39 is 0 Å². The summed E-state index contributed by atoms with van der Waals surface area (Å²) >= 11 is 1.67. The molecule has 1 heterocycles. The van der Waals surface area contributed by atoms with Gasteiger partial charge in [-0.2, -0.15) is 0 Å². The third-order valence-electron chi connectivity index (χ3n) is 1.86. The van der Waals surface area contributed by atoms with Crippen LogP contribution in [0.3, 0.4) is 0 Å². The number of rotatable bonds is 3. The molecule has 0 spiro atoms. The third kappa shape index (κ3) is 3.07. The average Bonchev–Trinajstić information content (AvgIpc) is 2.45. The molecule has 0 amide bonds. The normalized spacial score (nSPS) is 12.7. The van der Waals surface area contributed by atoms with Crippen molar-refractivity contribution in [3.8, 4) is 0 Å². The zero-order chi connectivity index (χ0) is 10.6. The molecular formula is C11H14FNS. The van der Waals surface area contributed by atoms with Gasteiger partial charge in [0.1, 0.15) is 5.83 Å². The predicted octanol–water partition coefficient (Wildman–Crippen LogP) is 3.73. The first kappa shape index (κ1) is 11.1. The van der Waals surface area contributed by atoms with Crippen molar-refractivity contribution in [2.75, 3.05) is 0 Å². The van der Waals surface area contributed by atoms with Crippen LogP contribution in [0.2, 0.25) is 0 Å².